The lowest BCUT2D eigenvalue weighted by Crippen LogP contribution is -1.92. The Morgan fingerprint density at radius 3 is 2.79 bits per heavy atom. The van der Waals surface area contributed by atoms with Crippen LogP contribution in [0.2, 0.25) is 0 Å². The fourth-order valence-corrected chi connectivity index (χ4v) is 1.24. The molecule has 0 atom stereocenters. The highest BCUT2D eigenvalue weighted by Crippen LogP contribution is 2.16. The van der Waals surface area contributed by atoms with Crippen LogP contribution in [0, 0.1) is 11.6 Å². The molecule has 0 aromatic carbocycles. The summed E-state index contributed by atoms with van der Waals surface area (Å²) in [5.41, 5.74) is -0.156. The second-order valence-corrected chi connectivity index (χ2v) is 2.80. The zero-order chi connectivity index (χ0) is 10.3. The predicted molar refractivity (Wildman–Crippen MR) is 44.3 cm³/mol. The van der Waals surface area contributed by atoms with Gasteiger partial charge in [0.1, 0.15) is 0 Å². The molecule has 2 rings (SSSR count). The quantitative estimate of drug-likeness (QED) is 0.758. The lowest BCUT2D eigenvalue weighted by atomic mass is 10.3. The van der Waals surface area contributed by atoms with E-state index < -0.39 is 17.6 Å². The van der Waals surface area contributed by atoms with Crippen LogP contribution in [0.25, 0.3) is 5.52 Å². The number of halogens is 2. The third kappa shape index (κ3) is 1.14. The Labute approximate surface area is 77.2 Å². The van der Waals surface area contributed by atoms with Gasteiger partial charge in [-0.2, -0.15) is 0 Å². The van der Waals surface area contributed by atoms with Crippen molar-refractivity contribution < 1.29 is 18.7 Å². The molecular weight excluding hydrogens is 192 g/mol. The number of aromatic carboxylic acids is 1. The molecular formula is C9H5F2NO2. The summed E-state index contributed by atoms with van der Waals surface area (Å²) in [6.45, 7) is 0. The number of nitrogens with zero attached hydrogens (tertiary/aromatic N) is 1. The monoisotopic (exact) mass is 197 g/mol. The van der Waals surface area contributed by atoms with Crippen molar-refractivity contribution in [2.45, 2.75) is 0 Å². The van der Waals surface area contributed by atoms with Crippen molar-refractivity contribution in [1.29, 1.82) is 0 Å². The first-order valence-electron chi connectivity index (χ1n) is 3.78. The van der Waals surface area contributed by atoms with Crippen LogP contribution in [0.4, 0.5) is 8.78 Å². The van der Waals surface area contributed by atoms with Crippen LogP contribution < -0.4 is 0 Å². The fraction of sp³-hybridized carbons (Fsp3) is 0. The van der Waals surface area contributed by atoms with Gasteiger partial charge in [-0.05, 0) is 12.1 Å². The highest BCUT2D eigenvalue weighted by molar-refractivity contribution is 5.89. The van der Waals surface area contributed by atoms with Gasteiger partial charge in [-0.15, -0.1) is 0 Å². The standard InChI is InChI=1S/C9H5F2NO2/c10-6-1-2-12-4-5(9(13)14)3-7(12)8(6)11/h1-4H,(H,13,14). The molecule has 0 aliphatic rings. The summed E-state index contributed by atoms with van der Waals surface area (Å²) in [5.74, 6) is -3.21. The second-order valence-electron chi connectivity index (χ2n) is 2.80. The van der Waals surface area contributed by atoms with Crippen LogP contribution in [0.3, 0.4) is 0 Å². The van der Waals surface area contributed by atoms with Crippen LogP contribution in [0.5, 0.6) is 0 Å². The molecule has 0 aliphatic carbocycles. The van der Waals surface area contributed by atoms with Gasteiger partial charge in [0.25, 0.3) is 0 Å². The Hall–Kier alpha value is -1.91. The van der Waals surface area contributed by atoms with Crippen LogP contribution in [-0.4, -0.2) is 15.5 Å². The molecule has 2 aromatic rings. The molecule has 2 heterocycles. The maximum absolute atomic E-state index is 13.1. The van der Waals surface area contributed by atoms with Crippen LogP contribution in [0.1, 0.15) is 10.4 Å². The minimum atomic E-state index is -1.17. The highest BCUT2D eigenvalue weighted by Gasteiger charge is 2.12. The molecule has 0 spiro atoms. The third-order valence-corrected chi connectivity index (χ3v) is 1.91. The molecule has 0 unspecified atom stereocenters. The average molecular weight is 197 g/mol. The fourth-order valence-electron chi connectivity index (χ4n) is 1.24. The molecule has 5 heteroatoms. The number of fused-ring (bicyclic) bond motifs is 1. The molecule has 3 nitrogen and oxygen atoms in total. The largest absolute Gasteiger partial charge is 0.478 e. The summed E-state index contributed by atoms with van der Waals surface area (Å²) >= 11 is 0. The Morgan fingerprint density at radius 1 is 1.43 bits per heavy atom. The first-order valence-corrected chi connectivity index (χ1v) is 3.78. The van der Waals surface area contributed by atoms with E-state index in [1.165, 1.54) is 16.8 Å². The van der Waals surface area contributed by atoms with Crippen LogP contribution >= 0.6 is 0 Å². The number of carboxylic acids is 1. The van der Waals surface area contributed by atoms with Crippen molar-refractivity contribution in [1.82, 2.24) is 4.40 Å². The zero-order valence-electron chi connectivity index (χ0n) is 6.87. The number of pyridine rings is 1. The van der Waals surface area contributed by atoms with Crippen LogP contribution in [0.15, 0.2) is 24.5 Å². The maximum atomic E-state index is 13.1. The molecule has 0 saturated carbocycles. The minimum absolute atomic E-state index is 0.0745. The van der Waals surface area contributed by atoms with Gasteiger partial charge >= 0.3 is 5.97 Å². The number of hydrogen-bond donors (Lipinski definition) is 1. The molecule has 0 fully saturated rings. The molecule has 14 heavy (non-hydrogen) atoms. The van der Waals surface area contributed by atoms with E-state index >= 15 is 0 Å². The highest BCUT2D eigenvalue weighted by atomic mass is 19.2. The van der Waals surface area contributed by atoms with Crippen molar-refractivity contribution in [2.75, 3.05) is 0 Å². The van der Waals surface area contributed by atoms with E-state index in [1.807, 2.05) is 0 Å². The van der Waals surface area contributed by atoms with Gasteiger partial charge in [0.2, 0.25) is 0 Å². The number of hydrogen-bond acceptors (Lipinski definition) is 1. The first-order chi connectivity index (χ1) is 6.59. The lowest BCUT2D eigenvalue weighted by molar-refractivity contribution is 0.0697. The maximum Gasteiger partial charge on any atom is 0.337 e. The molecule has 0 bridgehead atoms. The van der Waals surface area contributed by atoms with Gasteiger partial charge in [0.15, 0.2) is 11.6 Å². The van der Waals surface area contributed by atoms with Gasteiger partial charge in [0, 0.05) is 12.4 Å². The number of aromatic nitrogens is 1. The van der Waals surface area contributed by atoms with Crippen molar-refractivity contribution in [3.63, 3.8) is 0 Å². The summed E-state index contributed by atoms with van der Waals surface area (Å²) < 4.78 is 27.0. The van der Waals surface area contributed by atoms with Gasteiger partial charge < -0.3 is 9.51 Å². The summed E-state index contributed by atoms with van der Waals surface area (Å²) in [4.78, 5) is 10.5. The number of rotatable bonds is 1. The molecule has 2 aromatic heterocycles. The van der Waals surface area contributed by atoms with E-state index in [1.54, 1.807) is 0 Å². The van der Waals surface area contributed by atoms with E-state index in [0.717, 1.165) is 12.1 Å². The average Bonchev–Trinajstić information content (AvgIpc) is 2.56. The molecule has 0 amide bonds. The van der Waals surface area contributed by atoms with E-state index in [9.17, 15) is 13.6 Å². The van der Waals surface area contributed by atoms with Crippen molar-refractivity contribution >= 4 is 11.5 Å². The molecule has 72 valence electrons. The van der Waals surface area contributed by atoms with Crippen molar-refractivity contribution in [3.8, 4) is 0 Å². The zero-order valence-corrected chi connectivity index (χ0v) is 6.87. The molecule has 1 N–H and O–H groups in total. The Morgan fingerprint density at radius 2 is 2.14 bits per heavy atom. The van der Waals surface area contributed by atoms with E-state index in [0.29, 0.717) is 0 Å². The summed E-state index contributed by atoms with van der Waals surface area (Å²) in [5, 5.41) is 8.62. The summed E-state index contributed by atoms with van der Waals surface area (Å²) in [6.07, 6.45) is 2.49. The van der Waals surface area contributed by atoms with E-state index in [4.69, 9.17) is 5.11 Å². The predicted octanol–water partition coefficient (Wildman–Crippen LogP) is 1.92. The first kappa shape index (κ1) is 8.68. The summed E-state index contributed by atoms with van der Waals surface area (Å²) in [7, 11) is 0. The molecule has 0 radical (unpaired) electrons. The van der Waals surface area contributed by atoms with Gasteiger partial charge in [-0.3, -0.25) is 0 Å². The molecule has 0 saturated heterocycles. The van der Waals surface area contributed by atoms with E-state index in [-0.39, 0.29) is 11.1 Å². The summed E-state index contributed by atoms with van der Waals surface area (Å²) in [6, 6.07) is 2.02. The van der Waals surface area contributed by atoms with Crippen molar-refractivity contribution in [2.24, 2.45) is 0 Å². The van der Waals surface area contributed by atoms with E-state index in [2.05, 4.69) is 0 Å². The molecule has 0 aliphatic heterocycles. The van der Waals surface area contributed by atoms with Gasteiger partial charge in [-0.25, -0.2) is 13.6 Å². The van der Waals surface area contributed by atoms with Gasteiger partial charge in [0.05, 0.1) is 11.1 Å². The Bertz CT molecular complexity index is 519. The number of carbonyl (C=O) groups is 1. The second kappa shape index (κ2) is 2.80. The Balaban J connectivity index is 2.77. The topological polar surface area (TPSA) is 41.7 Å². The minimum Gasteiger partial charge on any atom is -0.478 e. The third-order valence-electron chi connectivity index (χ3n) is 1.91. The Kier molecular flexibility index (Phi) is 1.73. The normalized spacial score (nSPS) is 10.7. The SMILES string of the molecule is O=C(O)c1cc2c(F)c(F)ccn2c1. The van der Waals surface area contributed by atoms with Crippen LogP contribution in [-0.2, 0) is 0 Å². The lowest BCUT2D eigenvalue weighted by Gasteiger charge is -1.95. The van der Waals surface area contributed by atoms with Crippen molar-refractivity contribution in [3.05, 3.63) is 41.7 Å². The van der Waals surface area contributed by atoms with Gasteiger partial charge in [-0.1, -0.05) is 0 Å². The number of carboxylic acid groups (broad SMARTS) is 1. The smallest absolute Gasteiger partial charge is 0.337 e.